The molecule has 1 aromatic rings. The fourth-order valence-electron chi connectivity index (χ4n) is 3.12. The molecule has 0 spiro atoms. The number of rotatable bonds is 5. The summed E-state index contributed by atoms with van der Waals surface area (Å²) in [7, 11) is 0. The molecule has 1 unspecified atom stereocenters. The van der Waals surface area contributed by atoms with Gasteiger partial charge in [0.15, 0.2) is 0 Å². The van der Waals surface area contributed by atoms with Gasteiger partial charge >= 0.3 is 0 Å². The number of hydrogen-bond acceptors (Lipinski definition) is 2. The molecule has 3 N–H and O–H groups in total. The lowest BCUT2D eigenvalue weighted by molar-refractivity contribution is -0.130. The van der Waals surface area contributed by atoms with Gasteiger partial charge in [0.05, 0.1) is 5.41 Å². The van der Waals surface area contributed by atoms with E-state index in [1.165, 1.54) is 12.8 Å². The second-order valence-corrected chi connectivity index (χ2v) is 7.01. The monoisotopic (exact) mass is 336 g/mol. The van der Waals surface area contributed by atoms with Gasteiger partial charge in [0.2, 0.25) is 5.91 Å². The van der Waals surface area contributed by atoms with Crippen molar-refractivity contribution in [3.05, 3.63) is 34.3 Å². The molecule has 108 valence electrons. The molecule has 0 heterocycles. The first-order valence-electron chi connectivity index (χ1n) is 7.43. The van der Waals surface area contributed by atoms with Crippen molar-refractivity contribution in [2.75, 3.05) is 6.54 Å². The zero-order chi connectivity index (χ0) is 14.2. The minimum absolute atomic E-state index is 0.162. The van der Waals surface area contributed by atoms with Gasteiger partial charge in [0.25, 0.3) is 0 Å². The Morgan fingerprint density at radius 1 is 1.35 bits per heavy atom. The quantitative estimate of drug-likeness (QED) is 0.868. The number of benzene rings is 1. The van der Waals surface area contributed by atoms with E-state index in [9.17, 15) is 4.79 Å². The molecule has 3 nitrogen and oxygen atoms in total. The minimum Gasteiger partial charge on any atom is -0.351 e. The van der Waals surface area contributed by atoms with Crippen LogP contribution < -0.4 is 11.1 Å². The molecule has 2 fully saturated rings. The number of nitrogens with one attached hydrogen (secondary N) is 1. The van der Waals surface area contributed by atoms with Crippen LogP contribution in [0, 0.1) is 5.92 Å². The smallest absolute Gasteiger partial charge is 0.230 e. The average molecular weight is 337 g/mol. The fraction of sp³-hybridized carbons (Fsp3) is 0.562. The van der Waals surface area contributed by atoms with E-state index in [0.717, 1.165) is 29.3 Å². The van der Waals surface area contributed by atoms with Gasteiger partial charge in [0, 0.05) is 17.1 Å². The Morgan fingerprint density at radius 3 is 2.45 bits per heavy atom. The van der Waals surface area contributed by atoms with Crippen LogP contribution in [0.5, 0.6) is 0 Å². The van der Waals surface area contributed by atoms with E-state index >= 15 is 0 Å². The highest BCUT2D eigenvalue weighted by atomic mass is 79.9. The maximum atomic E-state index is 12.8. The highest BCUT2D eigenvalue weighted by Gasteiger charge is 2.46. The second-order valence-electron chi connectivity index (χ2n) is 6.10. The lowest BCUT2D eigenvalue weighted by Gasteiger charge is -2.41. The van der Waals surface area contributed by atoms with Crippen molar-refractivity contribution < 1.29 is 4.79 Å². The zero-order valence-corrected chi connectivity index (χ0v) is 13.2. The lowest BCUT2D eigenvalue weighted by Crippen LogP contribution is -2.54. The van der Waals surface area contributed by atoms with Crippen molar-refractivity contribution in [2.45, 2.75) is 43.6 Å². The van der Waals surface area contributed by atoms with E-state index in [1.54, 1.807) is 0 Å². The summed E-state index contributed by atoms with van der Waals surface area (Å²) >= 11 is 3.45. The maximum Gasteiger partial charge on any atom is 0.230 e. The van der Waals surface area contributed by atoms with Gasteiger partial charge in [-0.1, -0.05) is 34.5 Å². The highest BCUT2D eigenvalue weighted by molar-refractivity contribution is 9.10. The first-order chi connectivity index (χ1) is 9.65. The van der Waals surface area contributed by atoms with E-state index in [2.05, 4.69) is 33.4 Å². The van der Waals surface area contributed by atoms with Crippen LogP contribution in [0.1, 0.15) is 37.7 Å². The molecular weight excluding hydrogens is 316 g/mol. The summed E-state index contributed by atoms with van der Waals surface area (Å²) in [6.45, 7) is 0.548. The molecule has 0 saturated heterocycles. The molecule has 4 heteroatoms. The second kappa shape index (κ2) is 5.49. The van der Waals surface area contributed by atoms with E-state index < -0.39 is 0 Å². The molecular formula is C16H21BrN2O. The van der Waals surface area contributed by atoms with Gasteiger partial charge in [-0.25, -0.2) is 0 Å². The summed E-state index contributed by atoms with van der Waals surface area (Å²) in [5.41, 5.74) is 6.62. The maximum absolute atomic E-state index is 12.8. The number of carbonyl (C=O) groups is 1. The van der Waals surface area contributed by atoms with Crippen LogP contribution in [-0.2, 0) is 10.2 Å². The van der Waals surface area contributed by atoms with Gasteiger partial charge in [-0.2, -0.15) is 0 Å². The van der Waals surface area contributed by atoms with Crippen LogP contribution in [0.4, 0.5) is 0 Å². The van der Waals surface area contributed by atoms with Crippen molar-refractivity contribution in [1.29, 1.82) is 0 Å². The van der Waals surface area contributed by atoms with Gasteiger partial charge in [-0.15, -0.1) is 0 Å². The van der Waals surface area contributed by atoms with Crippen molar-refractivity contribution in [3.8, 4) is 0 Å². The summed E-state index contributed by atoms with van der Waals surface area (Å²) in [6, 6.07) is 8.33. The molecule has 2 aliphatic rings. The van der Waals surface area contributed by atoms with Gasteiger partial charge in [-0.05, 0) is 49.3 Å². The van der Waals surface area contributed by atoms with Gasteiger partial charge in [0.1, 0.15) is 0 Å². The Balaban J connectivity index is 1.77. The van der Waals surface area contributed by atoms with Crippen LogP contribution in [0.15, 0.2) is 28.7 Å². The number of nitrogens with two attached hydrogens (primary N) is 1. The lowest BCUT2D eigenvalue weighted by atomic mass is 9.63. The molecule has 2 saturated carbocycles. The largest absolute Gasteiger partial charge is 0.351 e. The molecule has 0 bridgehead atoms. The molecule has 0 aromatic heterocycles. The standard InChI is InChI=1S/C16H21BrN2O/c17-13-6-4-12(5-7-13)16(8-1-9-16)15(20)19-14(10-18)11-2-3-11/h4-7,11,14H,1-3,8-10,18H2,(H,19,20). The topological polar surface area (TPSA) is 55.1 Å². The first kappa shape index (κ1) is 14.1. The first-order valence-corrected chi connectivity index (χ1v) is 8.22. The predicted molar refractivity (Wildman–Crippen MR) is 83.4 cm³/mol. The third kappa shape index (κ3) is 2.51. The highest BCUT2D eigenvalue weighted by Crippen LogP contribution is 2.44. The molecule has 1 atom stereocenters. The Hall–Kier alpha value is -0.870. The summed E-state index contributed by atoms with van der Waals surface area (Å²) in [6.07, 6.45) is 5.42. The van der Waals surface area contributed by atoms with Crippen LogP contribution >= 0.6 is 15.9 Å². The van der Waals surface area contributed by atoms with Crippen LogP contribution in [-0.4, -0.2) is 18.5 Å². The molecule has 0 radical (unpaired) electrons. The third-order valence-electron chi connectivity index (χ3n) is 4.80. The van der Waals surface area contributed by atoms with Crippen molar-refractivity contribution in [1.82, 2.24) is 5.32 Å². The predicted octanol–water partition coefficient (Wildman–Crippen LogP) is 2.72. The zero-order valence-electron chi connectivity index (χ0n) is 11.6. The summed E-state index contributed by atoms with van der Waals surface area (Å²) in [4.78, 5) is 12.8. The molecule has 1 aromatic carbocycles. The molecule has 2 aliphatic carbocycles. The van der Waals surface area contributed by atoms with Gasteiger partial charge < -0.3 is 11.1 Å². The van der Waals surface area contributed by atoms with E-state index in [4.69, 9.17) is 5.73 Å². The van der Waals surface area contributed by atoms with Gasteiger partial charge in [-0.3, -0.25) is 4.79 Å². The normalized spacial score (nSPS) is 21.9. The summed E-state index contributed by atoms with van der Waals surface area (Å²) in [5, 5.41) is 3.21. The number of hydrogen-bond donors (Lipinski definition) is 2. The summed E-state index contributed by atoms with van der Waals surface area (Å²) in [5.74, 6) is 0.777. The number of halogens is 1. The molecule has 3 rings (SSSR count). The SMILES string of the molecule is NCC(NC(=O)C1(c2ccc(Br)cc2)CCC1)C1CC1. The average Bonchev–Trinajstić information content (AvgIpc) is 3.21. The Morgan fingerprint density at radius 2 is 2.00 bits per heavy atom. The minimum atomic E-state index is -0.316. The van der Waals surface area contributed by atoms with Crippen LogP contribution in [0.3, 0.4) is 0 Å². The fourth-order valence-corrected chi connectivity index (χ4v) is 3.38. The van der Waals surface area contributed by atoms with Crippen LogP contribution in [0.25, 0.3) is 0 Å². The third-order valence-corrected chi connectivity index (χ3v) is 5.33. The van der Waals surface area contributed by atoms with Crippen molar-refractivity contribution >= 4 is 21.8 Å². The Bertz CT molecular complexity index is 492. The Kier molecular flexibility index (Phi) is 3.87. The van der Waals surface area contributed by atoms with Crippen LogP contribution in [0.2, 0.25) is 0 Å². The van der Waals surface area contributed by atoms with Crippen molar-refractivity contribution in [2.24, 2.45) is 11.7 Å². The van der Waals surface area contributed by atoms with E-state index in [0.29, 0.717) is 12.5 Å². The molecule has 0 aliphatic heterocycles. The van der Waals surface area contributed by atoms with E-state index in [-0.39, 0.29) is 17.4 Å². The molecule has 20 heavy (non-hydrogen) atoms. The summed E-state index contributed by atoms with van der Waals surface area (Å²) < 4.78 is 1.05. The van der Waals surface area contributed by atoms with E-state index in [1.807, 2.05) is 12.1 Å². The number of amides is 1. The molecule has 1 amide bonds. The van der Waals surface area contributed by atoms with Crippen molar-refractivity contribution in [3.63, 3.8) is 0 Å². The Labute approximate surface area is 128 Å². The number of carbonyl (C=O) groups excluding carboxylic acids is 1.